The molecule has 1 unspecified atom stereocenters. The lowest BCUT2D eigenvalue weighted by molar-refractivity contribution is 0.444. The summed E-state index contributed by atoms with van der Waals surface area (Å²) in [7, 11) is 0. The third kappa shape index (κ3) is 5.24. The van der Waals surface area contributed by atoms with E-state index in [0.717, 1.165) is 12.0 Å². The molecule has 1 nitrogen and oxygen atoms in total. The maximum atomic E-state index is 13.2. The highest BCUT2D eigenvalue weighted by Gasteiger charge is 2.09. The van der Waals surface area contributed by atoms with Crippen LogP contribution in [0.4, 0.5) is 4.39 Å². The van der Waals surface area contributed by atoms with E-state index in [2.05, 4.69) is 19.2 Å². The first-order chi connectivity index (χ1) is 8.02. The Morgan fingerprint density at radius 3 is 2.59 bits per heavy atom. The second kappa shape index (κ2) is 7.20. The van der Waals surface area contributed by atoms with E-state index in [0.29, 0.717) is 18.3 Å². The smallest absolute Gasteiger partial charge is 0.142 e. The predicted molar refractivity (Wildman–Crippen MR) is 72.2 cm³/mol. The lowest BCUT2D eigenvalue weighted by Gasteiger charge is -2.18. The summed E-state index contributed by atoms with van der Waals surface area (Å²) in [6.45, 7) is 4.92. The molecule has 0 saturated carbocycles. The van der Waals surface area contributed by atoms with Gasteiger partial charge in [-0.15, -0.1) is 11.6 Å². The molecule has 1 atom stereocenters. The lowest BCUT2D eigenvalue weighted by Crippen LogP contribution is -2.31. The molecule has 0 saturated heterocycles. The van der Waals surface area contributed by atoms with Gasteiger partial charge in [-0.25, -0.2) is 4.39 Å². The van der Waals surface area contributed by atoms with Crippen LogP contribution in [0.2, 0.25) is 5.02 Å². The summed E-state index contributed by atoms with van der Waals surface area (Å²) in [4.78, 5) is 0. The molecular weight excluding hydrogens is 260 g/mol. The Balaban J connectivity index is 2.50. The van der Waals surface area contributed by atoms with Crippen LogP contribution in [0.1, 0.15) is 25.8 Å². The molecule has 96 valence electrons. The molecule has 0 aliphatic heterocycles. The van der Waals surface area contributed by atoms with Gasteiger partial charge in [0.1, 0.15) is 5.82 Å². The highest BCUT2D eigenvalue weighted by atomic mass is 35.5. The third-order valence-electron chi connectivity index (χ3n) is 2.52. The maximum Gasteiger partial charge on any atom is 0.142 e. The molecule has 4 heteroatoms. The maximum absolute atomic E-state index is 13.2. The van der Waals surface area contributed by atoms with Crippen LogP contribution >= 0.6 is 23.2 Å². The molecule has 1 rings (SSSR count). The highest BCUT2D eigenvalue weighted by Crippen LogP contribution is 2.16. The summed E-state index contributed by atoms with van der Waals surface area (Å²) in [5.41, 5.74) is 0.880. The molecule has 0 heterocycles. The monoisotopic (exact) mass is 277 g/mol. The van der Waals surface area contributed by atoms with Gasteiger partial charge in [-0.1, -0.05) is 31.5 Å². The molecule has 1 aromatic carbocycles. The van der Waals surface area contributed by atoms with E-state index in [4.69, 9.17) is 23.2 Å². The summed E-state index contributed by atoms with van der Waals surface area (Å²) in [5, 5.41) is 3.48. The minimum absolute atomic E-state index is 0.157. The van der Waals surface area contributed by atoms with E-state index >= 15 is 0 Å². The van der Waals surface area contributed by atoms with Crippen molar-refractivity contribution in [2.75, 3.05) is 5.88 Å². The van der Waals surface area contributed by atoms with Gasteiger partial charge in [-0.3, -0.25) is 0 Å². The molecule has 0 amide bonds. The number of rotatable bonds is 6. The van der Waals surface area contributed by atoms with Gasteiger partial charge in [0.15, 0.2) is 0 Å². The summed E-state index contributed by atoms with van der Waals surface area (Å²) >= 11 is 11.5. The number of hydrogen-bond donors (Lipinski definition) is 1. The minimum Gasteiger partial charge on any atom is -0.309 e. The summed E-state index contributed by atoms with van der Waals surface area (Å²) < 4.78 is 13.2. The van der Waals surface area contributed by atoms with E-state index in [-0.39, 0.29) is 16.9 Å². The van der Waals surface area contributed by atoms with Gasteiger partial charge in [0.2, 0.25) is 0 Å². The number of alkyl halides is 1. The van der Waals surface area contributed by atoms with Crippen molar-refractivity contribution in [2.24, 2.45) is 5.92 Å². The van der Waals surface area contributed by atoms with E-state index < -0.39 is 0 Å². The van der Waals surface area contributed by atoms with Gasteiger partial charge >= 0.3 is 0 Å². The number of nitrogens with one attached hydrogen (secondary N) is 1. The summed E-state index contributed by atoms with van der Waals surface area (Å²) in [6, 6.07) is 5.11. The number of halogens is 3. The van der Waals surface area contributed by atoms with Crippen molar-refractivity contribution < 1.29 is 4.39 Å². The number of benzene rings is 1. The van der Waals surface area contributed by atoms with Crippen LogP contribution in [0.25, 0.3) is 0 Å². The minimum atomic E-state index is -0.378. The van der Waals surface area contributed by atoms with Crippen LogP contribution in [0.3, 0.4) is 0 Å². The van der Waals surface area contributed by atoms with E-state index in [1.807, 2.05) is 6.07 Å². The SMILES string of the molecule is CC(C)CC(CCl)NCc1ccc(Cl)c(F)c1. The molecule has 0 radical (unpaired) electrons. The van der Waals surface area contributed by atoms with Crippen molar-refractivity contribution >= 4 is 23.2 Å². The average Bonchev–Trinajstić information content (AvgIpc) is 2.28. The summed E-state index contributed by atoms with van der Waals surface area (Å²) in [6.07, 6.45) is 1.01. The largest absolute Gasteiger partial charge is 0.309 e. The fourth-order valence-electron chi connectivity index (χ4n) is 1.68. The summed E-state index contributed by atoms with van der Waals surface area (Å²) in [5.74, 6) is 0.777. The molecule has 0 spiro atoms. The van der Waals surface area contributed by atoms with E-state index in [1.165, 1.54) is 6.07 Å². The van der Waals surface area contributed by atoms with E-state index in [1.54, 1.807) is 6.07 Å². The molecule has 0 aliphatic rings. The Hall–Kier alpha value is -0.310. The first-order valence-corrected chi connectivity index (χ1v) is 6.67. The van der Waals surface area contributed by atoms with E-state index in [9.17, 15) is 4.39 Å². The van der Waals surface area contributed by atoms with Crippen LogP contribution in [0.5, 0.6) is 0 Å². The zero-order valence-corrected chi connectivity index (χ0v) is 11.7. The van der Waals surface area contributed by atoms with Gasteiger partial charge in [0, 0.05) is 18.5 Å². The zero-order chi connectivity index (χ0) is 12.8. The van der Waals surface area contributed by atoms with Crippen LogP contribution in [0, 0.1) is 11.7 Å². The molecule has 0 aliphatic carbocycles. The molecule has 1 aromatic rings. The second-order valence-electron chi connectivity index (χ2n) is 4.61. The van der Waals surface area contributed by atoms with Crippen LogP contribution < -0.4 is 5.32 Å². The van der Waals surface area contributed by atoms with Gasteiger partial charge in [0.25, 0.3) is 0 Å². The average molecular weight is 278 g/mol. The van der Waals surface area contributed by atoms with Crippen molar-refractivity contribution in [1.82, 2.24) is 5.32 Å². The van der Waals surface area contributed by atoms with Gasteiger partial charge in [-0.05, 0) is 30.0 Å². The highest BCUT2D eigenvalue weighted by molar-refractivity contribution is 6.30. The third-order valence-corrected chi connectivity index (χ3v) is 3.20. The molecule has 0 fully saturated rings. The zero-order valence-electron chi connectivity index (χ0n) is 10.1. The van der Waals surface area contributed by atoms with Crippen LogP contribution in [-0.4, -0.2) is 11.9 Å². The fourth-order valence-corrected chi connectivity index (χ4v) is 2.03. The normalized spacial score (nSPS) is 13.1. The predicted octanol–water partition coefficient (Wildman–Crippen LogP) is 4.22. The second-order valence-corrected chi connectivity index (χ2v) is 5.33. The molecule has 0 bridgehead atoms. The molecule has 1 N–H and O–H groups in total. The van der Waals surface area contributed by atoms with Crippen LogP contribution in [0.15, 0.2) is 18.2 Å². The van der Waals surface area contributed by atoms with Gasteiger partial charge in [-0.2, -0.15) is 0 Å². The van der Waals surface area contributed by atoms with Gasteiger partial charge in [0.05, 0.1) is 5.02 Å². The number of hydrogen-bond acceptors (Lipinski definition) is 1. The standard InChI is InChI=1S/C13H18Cl2FN/c1-9(2)5-11(7-14)17-8-10-3-4-12(15)13(16)6-10/h3-4,6,9,11,17H,5,7-8H2,1-2H3. The Kier molecular flexibility index (Phi) is 6.24. The first-order valence-electron chi connectivity index (χ1n) is 5.76. The Bertz CT molecular complexity index is 355. The molecule has 17 heavy (non-hydrogen) atoms. The van der Waals surface area contributed by atoms with Crippen molar-refractivity contribution in [1.29, 1.82) is 0 Å². The Labute approximate surface area is 112 Å². The Morgan fingerprint density at radius 1 is 1.35 bits per heavy atom. The van der Waals surface area contributed by atoms with Gasteiger partial charge < -0.3 is 5.32 Å². The topological polar surface area (TPSA) is 12.0 Å². The molecular formula is C13H18Cl2FN. The fraction of sp³-hybridized carbons (Fsp3) is 0.538. The Morgan fingerprint density at radius 2 is 2.06 bits per heavy atom. The van der Waals surface area contributed by atoms with Crippen molar-refractivity contribution in [3.63, 3.8) is 0 Å². The van der Waals surface area contributed by atoms with Crippen molar-refractivity contribution in [2.45, 2.75) is 32.9 Å². The quantitative estimate of drug-likeness (QED) is 0.768. The van der Waals surface area contributed by atoms with Crippen molar-refractivity contribution in [3.05, 3.63) is 34.6 Å². The van der Waals surface area contributed by atoms with Crippen molar-refractivity contribution in [3.8, 4) is 0 Å². The molecule has 0 aromatic heterocycles. The first kappa shape index (κ1) is 14.7. The lowest BCUT2D eigenvalue weighted by atomic mass is 10.0. The van der Waals surface area contributed by atoms with Crippen LogP contribution in [-0.2, 0) is 6.54 Å².